The average molecular weight is 236 g/mol. The number of hydrogen-bond acceptors (Lipinski definition) is 3. The van der Waals surface area contributed by atoms with Gasteiger partial charge in [-0.25, -0.2) is 4.98 Å². The summed E-state index contributed by atoms with van der Waals surface area (Å²) in [7, 11) is 0. The van der Waals surface area contributed by atoms with Crippen molar-refractivity contribution in [3.63, 3.8) is 0 Å². The van der Waals surface area contributed by atoms with Gasteiger partial charge in [-0.15, -0.1) is 11.3 Å². The van der Waals surface area contributed by atoms with E-state index in [-0.39, 0.29) is 0 Å². The summed E-state index contributed by atoms with van der Waals surface area (Å²) in [5.41, 5.74) is 7.15. The van der Waals surface area contributed by atoms with Gasteiger partial charge in [0.15, 0.2) is 0 Å². The van der Waals surface area contributed by atoms with Crippen molar-refractivity contribution < 1.29 is 0 Å². The summed E-state index contributed by atoms with van der Waals surface area (Å²) in [4.78, 5) is 6.33. The van der Waals surface area contributed by atoms with Crippen LogP contribution in [0.3, 0.4) is 0 Å². The summed E-state index contributed by atoms with van der Waals surface area (Å²) >= 11 is 1.98. The topological polar surface area (TPSA) is 38.9 Å². The smallest absolute Gasteiger partial charge is 0.0961 e. The van der Waals surface area contributed by atoms with E-state index in [0.717, 1.165) is 11.8 Å². The largest absolute Gasteiger partial charge is 0.328 e. The van der Waals surface area contributed by atoms with Gasteiger partial charge in [0.05, 0.1) is 10.7 Å². The molecular weight excluding hydrogens is 216 g/mol. The molecule has 2 N–H and O–H groups in total. The standard InChI is InChI=1S/C13H20N2S/c1-8-12(10-6-11(14)7-10)16-13(15-8)9-4-2-3-5-9/h9-11H,2-7,14H2,1H3. The monoisotopic (exact) mass is 236 g/mol. The first-order valence-electron chi connectivity index (χ1n) is 6.47. The van der Waals surface area contributed by atoms with Crippen LogP contribution in [0.1, 0.15) is 65.9 Å². The number of aromatic nitrogens is 1. The molecule has 0 amide bonds. The van der Waals surface area contributed by atoms with Crippen molar-refractivity contribution in [1.82, 2.24) is 4.98 Å². The van der Waals surface area contributed by atoms with Crippen LogP contribution in [0.2, 0.25) is 0 Å². The molecule has 0 spiro atoms. The van der Waals surface area contributed by atoms with E-state index < -0.39 is 0 Å². The van der Waals surface area contributed by atoms with Crippen molar-refractivity contribution in [1.29, 1.82) is 0 Å². The zero-order valence-electron chi connectivity index (χ0n) is 9.91. The van der Waals surface area contributed by atoms with Gasteiger partial charge in [-0.1, -0.05) is 12.8 Å². The van der Waals surface area contributed by atoms with E-state index in [0.29, 0.717) is 6.04 Å². The molecule has 3 heteroatoms. The van der Waals surface area contributed by atoms with Crippen LogP contribution in [0, 0.1) is 6.92 Å². The van der Waals surface area contributed by atoms with Gasteiger partial charge in [-0.2, -0.15) is 0 Å². The number of nitrogens with two attached hydrogens (primary N) is 1. The van der Waals surface area contributed by atoms with Crippen LogP contribution in [-0.2, 0) is 0 Å². The number of hydrogen-bond donors (Lipinski definition) is 1. The molecule has 3 rings (SSSR count). The van der Waals surface area contributed by atoms with Gasteiger partial charge in [0.2, 0.25) is 0 Å². The third kappa shape index (κ3) is 1.80. The van der Waals surface area contributed by atoms with E-state index in [4.69, 9.17) is 10.7 Å². The Hall–Kier alpha value is -0.410. The summed E-state index contributed by atoms with van der Waals surface area (Å²) in [6.45, 7) is 2.17. The Morgan fingerprint density at radius 3 is 2.50 bits per heavy atom. The van der Waals surface area contributed by atoms with Gasteiger partial charge in [0.1, 0.15) is 0 Å². The Bertz CT molecular complexity index is 373. The zero-order chi connectivity index (χ0) is 11.1. The lowest BCUT2D eigenvalue weighted by molar-refractivity contribution is 0.354. The fourth-order valence-corrected chi connectivity index (χ4v) is 4.39. The highest BCUT2D eigenvalue weighted by Gasteiger charge is 2.31. The molecule has 1 aromatic heterocycles. The SMILES string of the molecule is Cc1nc(C2CCCC2)sc1C1CC(N)C1. The van der Waals surface area contributed by atoms with Crippen molar-refractivity contribution in [3.8, 4) is 0 Å². The van der Waals surface area contributed by atoms with Crippen LogP contribution < -0.4 is 5.73 Å². The molecule has 1 aromatic rings. The minimum Gasteiger partial charge on any atom is -0.328 e. The predicted octanol–water partition coefficient (Wildman–Crippen LogP) is 3.31. The fourth-order valence-electron chi connectivity index (χ4n) is 3.03. The Morgan fingerprint density at radius 1 is 1.19 bits per heavy atom. The fraction of sp³-hybridized carbons (Fsp3) is 0.769. The maximum absolute atomic E-state index is 5.87. The molecular formula is C13H20N2S. The first kappa shape index (κ1) is 10.7. The molecule has 2 nitrogen and oxygen atoms in total. The summed E-state index contributed by atoms with van der Waals surface area (Å²) in [5.74, 6) is 1.49. The average Bonchev–Trinajstić information content (AvgIpc) is 2.81. The van der Waals surface area contributed by atoms with Gasteiger partial charge in [-0.05, 0) is 38.5 Å². The molecule has 0 atom stereocenters. The Kier molecular flexibility index (Phi) is 2.76. The number of thiazole rings is 1. The molecule has 0 aliphatic heterocycles. The van der Waals surface area contributed by atoms with Crippen molar-refractivity contribution >= 4 is 11.3 Å². The molecule has 2 aliphatic carbocycles. The molecule has 2 fully saturated rings. The molecule has 2 aliphatic rings. The third-order valence-corrected chi connectivity index (χ3v) is 5.58. The van der Waals surface area contributed by atoms with Crippen LogP contribution in [0.4, 0.5) is 0 Å². The summed E-state index contributed by atoms with van der Waals surface area (Å²) in [6, 6.07) is 0.446. The first-order valence-corrected chi connectivity index (χ1v) is 7.28. The Morgan fingerprint density at radius 2 is 1.88 bits per heavy atom. The number of nitrogens with zero attached hydrogens (tertiary/aromatic N) is 1. The molecule has 0 bridgehead atoms. The second-order valence-corrected chi connectivity index (χ2v) is 6.47. The number of aryl methyl sites for hydroxylation is 1. The van der Waals surface area contributed by atoms with Gasteiger partial charge >= 0.3 is 0 Å². The summed E-state index contributed by atoms with van der Waals surface area (Å²) in [6.07, 6.45) is 7.85. The highest BCUT2D eigenvalue weighted by atomic mass is 32.1. The van der Waals surface area contributed by atoms with Crippen molar-refractivity contribution in [2.24, 2.45) is 5.73 Å². The van der Waals surface area contributed by atoms with E-state index in [1.165, 1.54) is 54.1 Å². The predicted molar refractivity (Wildman–Crippen MR) is 68.0 cm³/mol. The molecule has 0 unspecified atom stereocenters. The molecule has 1 heterocycles. The zero-order valence-corrected chi connectivity index (χ0v) is 10.7. The normalized spacial score (nSPS) is 30.6. The van der Waals surface area contributed by atoms with E-state index >= 15 is 0 Å². The molecule has 0 saturated heterocycles. The lowest BCUT2D eigenvalue weighted by Crippen LogP contribution is -2.34. The van der Waals surface area contributed by atoms with E-state index in [2.05, 4.69) is 6.92 Å². The highest BCUT2D eigenvalue weighted by Crippen LogP contribution is 2.44. The van der Waals surface area contributed by atoms with Crippen LogP contribution in [0.25, 0.3) is 0 Å². The van der Waals surface area contributed by atoms with Crippen LogP contribution in [0.15, 0.2) is 0 Å². The van der Waals surface area contributed by atoms with Gasteiger partial charge in [0, 0.05) is 16.8 Å². The third-order valence-electron chi connectivity index (χ3n) is 4.10. The lowest BCUT2D eigenvalue weighted by atomic mass is 9.79. The maximum atomic E-state index is 5.87. The van der Waals surface area contributed by atoms with E-state index in [1.54, 1.807) is 0 Å². The second kappa shape index (κ2) is 4.11. The molecule has 2 saturated carbocycles. The lowest BCUT2D eigenvalue weighted by Gasteiger charge is -2.31. The quantitative estimate of drug-likeness (QED) is 0.855. The van der Waals surface area contributed by atoms with Gasteiger partial charge in [-0.3, -0.25) is 0 Å². The Labute approximate surface area is 101 Å². The highest BCUT2D eigenvalue weighted by molar-refractivity contribution is 7.12. The van der Waals surface area contributed by atoms with Crippen molar-refractivity contribution in [3.05, 3.63) is 15.6 Å². The summed E-state index contributed by atoms with van der Waals surface area (Å²) in [5, 5.41) is 1.41. The van der Waals surface area contributed by atoms with Crippen LogP contribution >= 0.6 is 11.3 Å². The molecule has 0 radical (unpaired) electrons. The Balaban J connectivity index is 1.78. The second-order valence-electron chi connectivity index (χ2n) is 5.41. The molecule has 16 heavy (non-hydrogen) atoms. The number of rotatable bonds is 2. The van der Waals surface area contributed by atoms with Gasteiger partial charge < -0.3 is 5.73 Å². The van der Waals surface area contributed by atoms with Crippen molar-refractivity contribution in [2.75, 3.05) is 0 Å². The van der Waals surface area contributed by atoms with E-state index in [1.807, 2.05) is 11.3 Å². The summed E-state index contributed by atoms with van der Waals surface area (Å²) < 4.78 is 0. The maximum Gasteiger partial charge on any atom is 0.0961 e. The molecule has 88 valence electrons. The van der Waals surface area contributed by atoms with Crippen LogP contribution in [-0.4, -0.2) is 11.0 Å². The van der Waals surface area contributed by atoms with Crippen molar-refractivity contribution in [2.45, 2.75) is 63.3 Å². The minimum atomic E-state index is 0.446. The van der Waals surface area contributed by atoms with E-state index in [9.17, 15) is 0 Å². The van der Waals surface area contributed by atoms with Crippen LogP contribution in [0.5, 0.6) is 0 Å². The minimum absolute atomic E-state index is 0.446. The molecule has 0 aromatic carbocycles. The van der Waals surface area contributed by atoms with Gasteiger partial charge in [0.25, 0.3) is 0 Å². The first-order chi connectivity index (χ1) is 7.74.